The Morgan fingerprint density at radius 3 is 3.12 bits per heavy atom. The molecule has 0 spiro atoms. The molecule has 1 aliphatic rings. The summed E-state index contributed by atoms with van der Waals surface area (Å²) < 4.78 is 11.1. The van der Waals surface area contributed by atoms with Crippen molar-refractivity contribution in [1.82, 2.24) is 4.98 Å². The highest BCUT2D eigenvalue weighted by Gasteiger charge is 2.19. The van der Waals surface area contributed by atoms with Crippen LogP contribution in [0, 0.1) is 0 Å². The second kappa shape index (κ2) is 5.16. The van der Waals surface area contributed by atoms with Gasteiger partial charge in [0.25, 0.3) is 0 Å². The van der Waals surface area contributed by atoms with E-state index >= 15 is 0 Å². The zero-order valence-electron chi connectivity index (χ0n) is 9.77. The van der Waals surface area contributed by atoms with Crippen LogP contribution in [0.2, 0.25) is 0 Å². The average Bonchev–Trinajstić information content (AvgIpc) is 2.73. The Bertz CT molecular complexity index is 336. The molecule has 1 saturated heterocycles. The summed E-state index contributed by atoms with van der Waals surface area (Å²) in [4.78, 5) is 4.25. The summed E-state index contributed by atoms with van der Waals surface area (Å²) in [6.07, 6.45) is 2.83. The molecule has 0 unspecified atom stereocenters. The third kappa shape index (κ3) is 2.85. The van der Waals surface area contributed by atoms with Crippen molar-refractivity contribution >= 4 is 5.69 Å². The molecule has 4 nitrogen and oxygen atoms in total. The Labute approximate surface area is 96.0 Å². The molecular formula is C12H18N2O2. The van der Waals surface area contributed by atoms with E-state index in [0.29, 0.717) is 18.5 Å². The fourth-order valence-electron chi connectivity index (χ4n) is 1.67. The van der Waals surface area contributed by atoms with Crippen molar-refractivity contribution in [3.8, 4) is 5.88 Å². The molecule has 4 heteroatoms. The zero-order valence-corrected chi connectivity index (χ0v) is 9.77. The van der Waals surface area contributed by atoms with E-state index in [0.717, 1.165) is 18.7 Å². The predicted molar refractivity (Wildman–Crippen MR) is 62.8 cm³/mol. The highest BCUT2D eigenvalue weighted by Crippen LogP contribution is 2.24. The minimum absolute atomic E-state index is 0.141. The van der Waals surface area contributed by atoms with Gasteiger partial charge in [0.15, 0.2) is 0 Å². The Hall–Kier alpha value is -1.29. The summed E-state index contributed by atoms with van der Waals surface area (Å²) in [6.45, 7) is 5.63. The molecule has 1 N–H and O–H groups in total. The van der Waals surface area contributed by atoms with Gasteiger partial charge in [-0.25, -0.2) is 4.98 Å². The van der Waals surface area contributed by atoms with Gasteiger partial charge in [0, 0.05) is 18.7 Å². The van der Waals surface area contributed by atoms with Crippen molar-refractivity contribution in [3.63, 3.8) is 0 Å². The molecule has 2 rings (SSSR count). The second-order valence-electron chi connectivity index (χ2n) is 4.26. The first-order valence-electron chi connectivity index (χ1n) is 5.71. The van der Waals surface area contributed by atoms with Gasteiger partial charge in [0.1, 0.15) is 6.10 Å². The van der Waals surface area contributed by atoms with Crippen molar-refractivity contribution in [2.24, 2.45) is 0 Å². The summed E-state index contributed by atoms with van der Waals surface area (Å²) in [7, 11) is 0. The van der Waals surface area contributed by atoms with Gasteiger partial charge < -0.3 is 14.8 Å². The van der Waals surface area contributed by atoms with Gasteiger partial charge in [-0.1, -0.05) is 0 Å². The lowest BCUT2D eigenvalue weighted by molar-refractivity contribution is 0.138. The van der Waals surface area contributed by atoms with Crippen molar-refractivity contribution in [1.29, 1.82) is 0 Å². The van der Waals surface area contributed by atoms with Crippen LogP contribution in [0.1, 0.15) is 20.3 Å². The number of hydrogen-bond acceptors (Lipinski definition) is 4. The van der Waals surface area contributed by atoms with Crippen LogP contribution in [0.25, 0.3) is 0 Å². The Morgan fingerprint density at radius 2 is 2.44 bits per heavy atom. The van der Waals surface area contributed by atoms with Gasteiger partial charge >= 0.3 is 0 Å². The average molecular weight is 222 g/mol. The molecule has 0 aliphatic carbocycles. The smallest absolute Gasteiger partial charge is 0.237 e. The van der Waals surface area contributed by atoms with E-state index in [4.69, 9.17) is 9.47 Å². The number of hydrogen-bond donors (Lipinski definition) is 1. The summed E-state index contributed by atoms with van der Waals surface area (Å²) in [5.74, 6) is 0.673. The molecule has 0 bridgehead atoms. The highest BCUT2D eigenvalue weighted by molar-refractivity contribution is 5.52. The molecule has 1 atom stereocenters. The second-order valence-corrected chi connectivity index (χ2v) is 4.26. The molecule has 0 radical (unpaired) electrons. The maximum absolute atomic E-state index is 5.81. The molecule has 88 valence electrons. The molecule has 0 aromatic carbocycles. The fraction of sp³-hybridized carbons (Fsp3) is 0.583. The van der Waals surface area contributed by atoms with Gasteiger partial charge in [-0.05, 0) is 26.0 Å². The Morgan fingerprint density at radius 1 is 1.56 bits per heavy atom. The zero-order chi connectivity index (χ0) is 11.4. The number of nitrogens with zero attached hydrogens (tertiary/aromatic N) is 1. The standard InChI is InChI=1S/C12H18N2O2/c1-9(2)14-11-4-3-6-13-12(11)16-10-5-7-15-8-10/h3-4,6,9-10,14H,5,7-8H2,1-2H3/t10-/m1/s1. The highest BCUT2D eigenvalue weighted by atomic mass is 16.5. The van der Waals surface area contributed by atoms with Crippen molar-refractivity contribution in [2.75, 3.05) is 18.5 Å². The molecule has 1 aliphatic heterocycles. The van der Waals surface area contributed by atoms with Gasteiger partial charge in [0.05, 0.1) is 18.9 Å². The molecular weight excluding hydrogens is 204 g/mol. The molecule has 1 fully saturated rings. The molecule has 0 saturated carbocycles. The first kappa shape index (κ1) is 11.2. The quantitative estimate of drug-likeness (QED) is 0.847. The SMILES string of the molecule is CC(C)Nc1cccnc1O[C@@H]1CCOC1. The van der Waals surface area contributed by atoms with Crippen molar-refractivity contribution in [2.45, 2.75) is 32.4 Å². The number of pyridine rings is 1. The minimum Gasteiger partial charge on any atom is -0.470 e. The van der Waals surface area contributed by atoms with Crippen LogP contribution in [0.3, 0.4) is 0 Å². The number of aromatic nitrogens is 1. The molecule has 2 heterocycles. The third-order valence-corrected chi connectivity index (χ3v) is 2.38. The monoisotopic (exact) mass is 222 g/mol. The van der Waals surface area contributed by atoms with E-state index in [-0.39, 0.29) is 6.10 Å². The van der Waals surface area contributed by atoms with Crippen molar-refractivity contribution < 1.29 is 9.47 Å². The molecule has 1 aromatic heterocycles. The van der Waals surface area contributed by atoms with Crippen LogP contribution in [0.5, 0.6) is 5.88 Å². The van der Waals surface area contributed by atoms with Crippen LogP contribution in [-0.2, 0) is 4.74 Å². The summed E-state index contributed by atoms with van der Waals surface area (Å²) in [6, 6.07) is 4.26. The fourth-order valence-corrected chi connectivity index (χ4v) is 1.67. The van der Waals surface area contributed by atoms with Crippen LogP contribution >= 0.6 is 0 Å². The maximum atomic E-state index is 5.81. The Balaban J connectivity index is 2.06. The maximum Gasteiger partial charge on any atom is 0.237 e. The predicted octanol–water partition coefficient (Wildman–Crippen LogP) is 2.07. The van der Waals surface area contributed by atoms with Gasteiger partial charge in [-0.15, -0.1) is 0 Å². The number of ether oxygens (including phenoxy) is 2. The molecule has 0 amide bonds. The van der Waals surface area contributed by atoms with E-state index in [1.54, 1.807) is 6.20 Å². The Kier molecular flexibility index (Phi) is 3.62. The topological polar surface area (TPSA) is 43.4 Å². The van der Waals surface area contributed by atoms with Gasteiger partial charge in [-0.2, -0.15) is 0 Å². The van der Waals surface area contributed by atoms with E-state index in [9.17, 15) is 0 Å². The molecule has 16 heavy (non-hydrogen) atoms. The van der Waals surface area contributed by atoms with Crippen molar-refractivity contribution in [3.05, 3.63) is 18.3 Å². The summed E-state index contributed by atoms with van der Waals surface area (Å²) >= 11 is 0. The first-order valence-corrected chi connectivity index (χ1v) is 5.71. The lowest BCUT2D eigenvalue weighted by Crippen LogP contribution is -2.18. The lowest BCUT2D eigenvalue weighted by atomic mass is 10.3. The van der Waals surface area contributed by atoms with Crippen LogP contribution in [0.15, 0.2) is 18.3 Å². The van der Waals surface area contributed by atoms with Crippen LogP contribution in [-0.4, -0.2) is 30.3 Å². The summed E-state index contributed by atoms with van der Waals surface area (Å²) in [5.41, 5.74) is 0.949. The number of nitrogens with one attached hydrogen (secondary N) is 1. The van der Waals surface area contributed by atoms with E-state index < -0.39 is 0 Å². The normalized spacial score (nSPS) is 20.1. The van der Waals surface area contributed by atoms with E-state index in [1.807, 2.05) is 12.1 Å². The lowest BCUT2D eigenvalue weighted by Gasteiger charge is -2.16. The third-order valence-electron chi connectivity index (χ3n) is 2.38. The molecule has 1 aromatic rings. The van der Waals surface area contributed by atoms with E-state index in [1.165, 1.54) is 0 Å². The number of anilines is 1. The van der Waals surface area contributed by atoms with Gasteiger partial charge in [-0.3, -0.25) is 0 Å². The van der Waals surface area contributed by atoms with Gasteiger partial charge in [0.2, 0.25) is 5.88 Å². The number of rotatable bonds is 4. The largest absolute Gasteiger partial charge is 0.470 e. The first-order chi connectivity index (χ1) is 7.75. The van der Waals surface area contributed by atoms with Crippen LogP contribution in [0.4, 0.5) is 5.69 Å². The van der Waals surface area contributed by atoms with Crippen LogP contribution < -0.4 is 10.1 Å². The summed E-state index contributed by atoms with van der Waals surface area (Å²) in [5, 5.41) is 3.32. The van der Waals surface area contributed by atoms with E-state index in [2.05, 4.69) is 24.1 Å². The minimum atomic E-state index is 0.141.